The van der Waals surface area contributed by atoms with Crippen molar-refractivity contribution < 1.29 is 14.7 Å². The lowest BCUT2D eigenvalue weighted by atomic mass is 9.75. The van der Waals surface area contributed by atoms with Gasteiger partial charge in [-0.05, 0) is 30.7 Å². The van der Waals surface area contributed by atoms with Gasteiger partial charge in [0, 0.05) is 24.2 Å². The number of hydrogen-bond donors (Lipinski definition) is 3. The summed E-state index contributed by atoms with van der Waals surface area (Å²) in [4.78, 5) is 39.8. The first-order valence-electron chi connectivity index (χ1n) is 8.99. The molecule has 136 valence electrons. The molecule has 0 spiro atoms. The van der Waals surface area contributed by atoms with Crippen molar-refractivity contribution >= 4 is 11.7 Å². The Labute approximate surface area is 147 Å². The van der Waals surface area contributed by atoms with Crippen LogP contribution in [0.15, 0.2) is 10.9 Å². The Morgan fingerprint density at radius 3 is 2.56 bits per heavy atom. The fraction of sp³-hybridized carbons (Fsp3) is 0.632. The minimum absolute atomic E-state index is 0.0533. The number of rotatable bonds is 3. The second-order valence-corrected chi connectivity index (χ2v) is 8.31. The summed E-state index contributed by atoms with van der Waals surface area (Å²) in [6.45, 7) is 4.10. The molecule has 0 atom stereocenters. The van der Waals surface area contributed by atoms with Gasteiger partial charge in [0.1, 0.15) is 5.56 Å². The van der Waals surface area contributed by atoms with Crippen molar-refractivity contribution in [1.29, 1.82) is 0 Å². The average Bonchev–Trinajstić information content (AvgIpc) is 2.52. The Bertz CT molecular complexity index is 757. The third-order valence-electron chi connectivity index (χ3n) is 5.32. The summed E-state index contributed by atoms with van der Waals surface area (Å²) >= 11 is 0. The summed E-state index contributed by atoms with van der Waals surface area (Å²) in [6, 6.07) is 1.41. The number of hydrogen-bond acceptors (Lipinski definition) is 4. The van der Waals surface area contributed by atoms with E-state index in [1.807, 2.05) is 13.8 Å². The summed E-state index contributed by atoms with van der Waals surface area (Å²) < 4.78 is 0. The second-order valence-electron chi connectivity index (χ2n) is 8.31. The minimum Gasteiger partial charge on any atom is -0.388 e. The summed E-state index contributed by atoms with van der Waals surface area (Å²) in [5, 5.41) is 13.1. The molecule has 1 amide bonds. The van der Waals surface area contributed by atoms with Gasteiger partial charge in [0.05, 0.1) is 5.60 Å². The topological polar surface area (TPSA) is 99.3 Å². The molecule has 0 unspecified atom stereocenters. The highest BCUT2D eigenvalue weighted by atomic mass is 16.3. The predicted octanol–water partition coefficient (Wildman–Crippen LogP) is 1.95. The highest BCUT2D eigenvalue weighted by molar-refractivity contribution is 6.02. The van der Waals surface area contributed by atoms with Gasteiger partial charge in [0.25, 0.3) is 11.5 Å². The first kappa shape index (κ1) is 17.9. The zero-order valence-electron chi connectivity index (χ0n) is 14.9. The van der Waals surface area contributed by atoms with Gasteiger partial charge in [-0.3, -0.25) is 14.4 Å². The van der Waals surface area contributed by atoms with Gasteiger partial charge in [0.2, 0.25) is 0 Å². The van der Waals surface area contributed by atoms with Crippen molar-refractivity contribution in [3.8, 4) is 0 Å². The Balaban J connectivity index is 1.79. The van der Waals surface area contributed by atoms with Crippen LogP contribution in [-0.4, -0.2) is 33.9 Å². The Kier molecular flexibility index (Phi) is 4.58. The predicted molar refractivity (Wildman–Crippen MR) is 93.9 cm³/mol. The molecule has 0 radical (unpaired) electrons. The van der Waals surface area contributed by atoms with E-state index in [1.54, 1.807) is 0 Å². The van der Waals surface area contributed by atoms with Gasteiger partial charge in [-0.1, -0.05) is 33.1 Å². The van der Waals surface area contributed by atoms with Crippen LogP contribution in [0.2, 0.25) is 0 Å². The molecular formula is C19H26N2O4. The Morgan fingerprint density at radius 1 is 1.20 bits per heavy atom. The molecule has 1 aromatic heterocycles. The molecule has 1 heterocycles. The summed E-state index contributed by atoms with van der Waals surface area (Å²) in [6.07, 6.45) is 5.28. The minimum atomic E-state index is -0.894. The van der Waals surface area contributed by atoms with Gasteiger partial charge in [-0.25, -0.2) is 0 Å². The van der Waals surface area contributed by atoms with Crippen LogP contribution in [0.25, 0.3) is 0 Å². The number of aliphatic hydroxyl groups is 1. The lowest BCUT2D eigenvalue weighted by Crippen LogP contribution is -2.45. The first-order valence-corrected chi connectivity index (χ1v) is 8.99. The van der Waals surface area contributed by atoms with Crippen molar-refractivity contribution in [2.24, 2.45) is 5.41 Å². The van der Waals surface area contributed by atoms with Crippen molar-refractivity contribution in [3.05, 3.63) is 33.2 Å². The zero-order valence-corrected chi connectivity index (χ0v) is 14.9. The monoisotopic (exact) mass is 346 g/mol. The molecule has 0 aromatic carbocycles. The van der Waals surface area contributed by atoms with Crippen LogP contribution < -0.4 is 10.9 Å². The van der Waals surface area contributed by atoms with E-state index in [2.05, 4.69) is 10.3 Å². The van der Waals surface area contributed by atoms with E-state index >= 15 is 0 Å². The molecule has 6 nitrogen and oxygen atoms in total. The zero-order chi connectivity index (χ0) is 18.2. The molecule has 2 aliphatic rings. The Morgan fingerprint density at radius 2 is 1.88 bits per heavy atom. The molecule has 3 rings (SSSR count). The van der Waals surface area contributed by atoms with Crippen molar-refractivity contribution in [2.45, 2.75) is 64.4 Å². The van der Waals surface area contributed by atoms with E-state index in [1.165, 1.54) is 6.07 Å². The van der Waals surface area contributed by atoms with Gasteiger partial charge in [-0.15, -0.1) is 0 Å². The summed E-state index contributed by atoms with van der Waals surface area (Å²) in [5.74, 6) is -0.594. The average molecular weight is 346 g/mol. The number of H-pyrrole nitrogens is 1. The molecule has 0 bridgehead atoms. The lowest BCUT2D eigenvalue weighted by molar-refractivity contribution is 0.00523. The summed E-state index contributed by atoms with van der Waals surface area (Å²) in [5.41, 5.74) is -0.603. The smallest absolute Gasteiger partial charge is 0.261 e. The van der Waals surface area contributed by atoms with E-state index in [4.69, 9.17) is 0 Å². The number of carbonyl (C=O) groups excluding carboxylic acids is 2. The molecule has 6 heteroatoms. The number of pyridine rings is 1. The van der Waals surface area contributed by atoms with Crippen molar-refractivity contribution in [2.75, 3.05) is 6.54 Å². The third kappa shape index (κ3) is 3.84. The van der Waals surface area contributed by atoms with E-state index in [0.29, 0.717) is 36.9 Å². The van der Waals surface area contributed by atoms with Gasteiger partial charge in [0.15, 0.2) is 5.78 Å². The molecule has 3 N–H and O–H groups in total. The van der Waals surface area contributed by atoms with Crippen molar-refractivity contribution in [3.63, 3.8) is 0 Å². The number of carbonyl (C=O) groups is 2. The number of Topliss-reactive ketones (excluding diaryl/α,β-unsaturated/α-hetero) is 1. The Hall–Kier alpha value is -1.95. The van der Waals surface area contributed by atoms with Crippen LogP contribution in [0.4, 0.5) is 0 Å². The molecule has 25 heavy (non-hydrogen) atoms. The number of aromatic nitrogens is 1. The fourth-order valence-electron chi connectivity index (χ4n) is 3.92. The van der Waals surface area contributed by atoms with E-state index in [-0.39, 0.29) is 23.3 Å². The van der Waals surface area contributed by atoms with Crippen LogP contribution in [0.3, 0.4) is 0 Å². The maximum Gasteiger partial charge on any atom is 0.261 e. The van der Waals surface area contributed by atoms with Crippen LogP contribution in [0.1, 0.15) is 78.8 Å². The van der Waals surface area contributed by atoms with Gasteiger partial charge in [-0.2, -0.15) is 0 Å². The maximum absolute atomic E-state index is 12.4. The molecule has 0 aliphatic heterocycles. The molecule has 1 saturated carbocycles. The number of aromatic amines is 1. The second kappa shape index (κ2) is 6.41. The van der Waals surface area contributed by atoms with Crippen molar-refractivity contribution in [1.82, 2.24) is 10.3 Å². The van der Waals surface area contributed by atoms with Crippen LogP contribution in [0.5, 0.6) is 0 Å². The standard InChI is InChI=1S/C19H26N2O4/c1-18(2)9-14-12(15(22)10-18)8-13(17(24)21-14)16(23)20-11-19(25)6-4-3-5-7-19/h8,25H,3-7,9-11H2,1-2H3,(H,20,23)(H,21,24). The number of amides is 1. The SMILES string of the molecule is CC1(C)CC(=O)c2cc(C(=O)NCC3(O)CCCCC3)c(=O)[nH]c2C1. The van der Waals surface area contributed by atoms with E-state index in [9.17, 15) is 19.5 Å². The number of fused-ring (bicyclic) bond motifs is 1. The van der Waals surface area contributed by atoms with E-state index in [0.717, 1.165) is 19.3 Å². The molecule has 1 fully saturated rings. The molecular weight excluding hydrogens is 320 g/mol. The highest BCUT2D eigenvalue weighted by Gasteiger charge is 2.33. The van der Waals surface area contributed by atoms with Crippen LogP contribution >= 0.6 is 0 Å². The molecule has 2 aliphatic carbocycles. The fourth-order valence-corrected chi connectivity index (χ4v) is 3.92. The molecule has 0 saturated heterocycles. The van der Waals surface area contributed by atoms with Gasteiger partial charge < -0.3 is 15.4 Å². The lowest BCUT2D eigenvalue weighted by Gasteiger charge is -2.32. The number of nitrogens with one attached hydrogen (secondary N) is 2. The number of ketones is 1. The van der Waals surface area contributed by atoms with Crippen LogP contribution in [0, 0.1) is 5.41 Å². The maximum atomic E-state index is 12.4. The first-order chi connectivity index (χ1) is 11.7. The van der Waals surface area contributed by atoms with Gasteiger partial charge >= 0.3 is 0 Å². The normalized spacial score (nSPS) is 21.5. The molecule has 1 aromatic rings. The van der Waals surface area contributed by atoms with Crippen LogP contribution in [-0.2, 0) is 6.42 Å². The van der Waals surface area contributed by atoms with E-state index < -0.39 is 17.1 Å². The quantitative estimate of drug-likeness (QED) is 0.779. The third-order valence-corrected chi connectivity index (χ3v) is 5.32. The largest absolute Gasteiger partial charge is 0.388 e. The summed E-state index contributed by atoms with van der Waals surface area (Å²) in [7, 11) is 0. The highest BCUT2D eigenvalue weighted by Crippen LogP contribution is 2.33.